The molecule has 1 atom stereocenters. The number of carboxylic acids is 1. The Morgan fingerprint density at radius 1 is 1.35 bits per heavy atom. The van der Waals surface area contributed by atoms with Gasteiger partial charge in [0.25, 0.3) is 0 Å². The average Bonchev–Trinajstić information content (AvgIpc) is 2.37. The lowest BCUT2D eigenvalue weighted by atomic mass is 10.1. The van der Waals surface area contributed by atoms with Gasteiger partial charge in [-0.05, 0) is 31.5 Å². The highest BCUT2D eigenvalue weighted by Gasteiger charge is 2.24. The zero-order valence-corrected chi connectivity index (χ0v) is 12.0. The van der Waals surface area contributed by atoms with Crippen molar-refractivity contribution in [3.63, 3.8) is 0 Å². The van der Waals surface area contributed by atoms with Gasteiger partial charge in [-0.2, -0.15) is 4.72 Å². The van der Waals surface area contributed by atoms with Gasteiger partial charge in [0.1, 0.15) is 6.04 Å². The molecule has 0 aliphatic rings. The first-order valence-electron chi connectivity index (χ1n) is 5.63. The molecule has 20 heavy (non-hydrogen) atoms. The van der Waals surface area contributed by atoms with E-state index in [2.05, 4.69) is 4.74 Å². The second-order valence-electron chi connectivity index (χ2n) is 4.15. The molecule has 1 rings (SSSR count). The van der Waals surface area contributed by atoms with Crippen molar-refractivity contribution >= 4 is 22.0 Å². The molecule has 0 spiro atoms. The minimum Gasteiger partial charge on any atom is -0.480 e. The van der Waals surface area contributed by atoms with Gasteiger partial charge in [-0.1, -0.05) is 6.07 Å². The van der Waals surface area contributed by atoms with Crippen molar-refractivity contribution < 1.29 is 27.9 Å². The first kappa shape index (κ1) is 16.1. The van der Waals surface area contributed by atoms with Gasteiger partial charge in [-0.3, -0.25) is 4.79 Å². The number of ether oxygens (including phenoxy) is 1. The Kier molecular flexibility index (Phi) is 4.85. The van der Waals surface area contributed by atoms with Gasteiger partial charge in [0.05, 0.1) is 17.6 Å². The van der Waals surface area contributed by atoms with Crippen LogP contribution >= 0.6 is 0 Å². The number of aryl methyl sites for hydroxylation is 1. The average molecular weight is 301 g/mol. The van der Waals surface area contributed by atoms with Crippen LogP contribution in [0.15, 0.2) is 23.1 Å². The number of methoxy groups -OCH3 is 1. The topological polar surface area (TPSA) is 110 Å². The summed E-state index contributed by atoms with van der Waals surface area (Å²) in [6.07, 6.45) is 0. The third-order valence-electron chi connectivity index (χ3n) is 2.60. The number of hydrogen-bond donors (Lipinski definition) is 2. The van der Waals surface area contributed by atoms with Crippen molar-refractivity contribution in [3.05, 3.63) is 29.3 Å². The van der Waals surface area contributed by atoms with Crippen molar-refractivity contribution in [2.24, 2.45) is 0 Å². The van der Waals surface area contributed by atoms with Gasteiger partial charge < -0.3 is 9.84 Å². The van der Waals surface area contributed by atoms with Gasteiger partial charge in [0, 0.05) is 0 Å². The van der Waals surface area contributed by atoms with E-state index in [-0.39, 0.29) is 10.5 Å². The van der Waals surface area contributed by atoms with E-state index in [4.69, 9.17) is 5.11 Å². The maximum Gasteiger partial charge on any atom is 0.337 e. The number of esters is 1. The molecule has 0 aliphatic heterocycles. The number of carbonyl (C=O) groups is 2. The Balaban J connectivity index is 3.24. The van der Waals surface area contributed by atoms with Crippen LogP contribution in [0.2, 0.25) is 0 Å². The van der Waals surface area contributed by atoms with Crippen LogP contribution in [0.25, 0.3) is 0 Å². The molecule has 7 nitrogen and oxygen atoms in total. The van der Waals surface area contributed by atoms with E-state index in [1.807, 2.05) is 4.72 Å². The minimum atomic E-state index is -4.04. The Bertz CT molecular complexity index is 637. The number of rotatable bonds is 5. The van der Waals surface area contributed by atoms with E-state index in [1.165, 1.54) is 26.2 Å². The Hall–Kier alpha value is -1.93. The van der Waals surface area contributed by atoms with Crippen molar-refractivity contribution in [3.8, 4) is 0 Å². The summed E-state index contributed by atoms with van der Waals surface area (Å²) < 4.78 is 30.7. The number of benzene rings is 1. The molecule has 0 bridgehead atoms. The molecule has 0 amide bonds. The number of carboxylic acid groups (broad SMARTS) is 1. The molecule has 1 aromatic rings. The molecule has 0 aliphatic carbocycles. The van der Waals surface area contributed by atoms with Crippen molar-refractivity contribution in [1.29, 1.82) is 0 Å². The van der Waals surface area contributed by atoms with Gasteiger partial charge in [0.2, 0.25) is 10.0 Å². The molecule has 0 saturated heterocycles. The van der Waals surface area contributed by atoms with Crippen LogP contribution in [0.1, 0.15) is 22.8 Å². The number of aliphatic carboxylic acids is 1. The Labute approximate surface area is 116 Å². The lowest BCUT2D eigenvalue weighted by molar-refractivity contribution is -0.138. The summed E-state index contributed by atoms with van der Waals surface area (Å²) in [7, 11) is -2.86. The zero-order valence-electron chi connectivity index (χ0n) is 11.2. The second kappa shape index (κ2) is 6.02. The number of sulfonamides is 1. The summed E-state index contributed by atoms with van der Waals surface area (Å²) in [6, 6.07) is 2.76. The summed E-state index contributed by atoms with van der Waals surface area (Å²) in [5, 5.41) is 8.74. The van der Waals surface area contributed by atoms with Gasteiger partial charge in [0.15, 0.2) is 0 Å². The van der Waals surface area contributed by atoms with E-state index < -0.39 is 28.0 Å². The molecule has 1 aromatic carbocycles. The highest BCUT2D eigenvalue weighted by molar-refractivity contribution is 7.89. The van der Waals surface area contributed by atoms with E-state index in [9.17, 15) is 18.0 Å². The monoisotopic (exact) mass is 301 g/mol. The third kappa shape index (κ3) is 3.55. The normalized spacial score (nSPS) is 12.8. The van der Waals surface area contributed by atoms with Crippen LogP contribution in [0.5, 0.6) is 0 Å². The standard InChI is InChI=1S/C12H15NO6S/c1-7-4-5-9(12(16)19-3)6-10(7)20(17,18)13-8(2)11(14)15/h4-6,8,13H,1-3H3,(H,14,15). The van der Waals surface area contributed by atoms with Crippen LogP contribution in [-0.4, -0.2) is 38.6 Å². The van der Waals surface area contributed by atoms with E-state index in [0.717, 1.165) is 6.07 Å². The predicted octanol–water partition coefficient (Wildman–Crippen LogP) is 0.533. The van der Waals surface area contributed by atoms with Gasteiger partial charge >= 0.3 is 11.9 Å². The largest absolute Gasteiger partial charge is 0.480 e. The van der Waals surface area contributed by atoms with Gasteiger partial charge in [-0.15, -0.1) is 0 Å². The van der Waals surface area contributed by atoms with Crippen LogP contribution in [0.4, 0.5) is 0 Å². The summed E-state index contributed by atoms with van der Waals surface area (Å²) in [4.78, 5) is 22.0. The number of nitrogens with one attached hydrogen (secondary N) is 1. The fourth-order valence-corrected chi connectivity index (χ4v) is 2.95. The summed E-state index contributed by atoms with van der Waals surface area (Å²) in [5.41, 5.74) is 0.462. The van der Waals surface area contributed by atoms with Crippen molar-refractivity contribution in [1.82, 2.24) is 4.72 Å². The predicted molar refractivity (Wildman–Crippen MR) is 69.9 cm³/mol. The maximum atomic E-state index is 12.1. The molecule has 2 N–H and O–H groups in total. The zero-order chi connectivity index (χ0) is 15.5. The fraction of sp³-hybridized carbons (Fsp3) is 0.333. The molecule has 8 heteroatoms. The molecule has 0 saturated carbocycles. The first-order valence-corrected chi connectivity index (χ1v) is 7.11. The smallest absolute Gasteiger partial charge is 0.337 e. The molecular weight excluding hydrogens is 286 g/mol. The van der Waals surface area contributed by atoms with Crippen LogP contribution in [0.3, 0.4) is 0 Å². The fourth-order valence-electron chi connectivity index (χ4n) is 1.48. The SMILES string of the molecule is COC(=O)c1ccc(C)c(S(=O)(=O)NC(C)C(=O)O)c1. The van der Waals surface area contributed by atoms with E-state index in [0.29, 0.717) is 5.56 Å². The number of carbonyl (C=O) groups excluding carboxylic acids is 1. The maximum absolute atomic E-state index is 12.1. The van der Waals surface area contributed by atoms with Crippen LogP contribution < -0.4 is 4.72 Å². The second-order valence-corrected chi connectivity index (χ2v) is 5.84. The first-order chi connectivity index (χ1) is 9.19. The molecule has 0 heterocycles. The molecular formula is C12H15NO6S. The Morgan fingerprint density at radius 2 is 1.95 bits per heavy atom. The molecule has 1 unspecified atom stereocenters. The third-order valence-corrected chi connectivity index (χ3v) is 4.28. The van der Waals surface area contributed by atoms with E-state index >= 15 is 0 Å². The summed E-state index contributed by atoms with van der Waals surface area (Å²) in [5.74, 6) is -1.97. The molecule has 0 fully saturated rings. The van der Waals surface area contributed by atoms with Crippen molar-refractivity contribution in [2.45, 2.75) is 24.8 Å². The van der Waals surface area contributed by atoms with Gasteiger partial charge in [-0.25, -0.2) is 13.2 Å². The summed E-state index contributed by atoms with van der Waals surface area (Å²) in [6.45, 7) is 2.75. The van der Waals surface area contributed by atoms with Crippen molar-refractivity contribution in [2.75, 3.05) is 7.11 Å². The van der Waals surface area contributed by atoms with E-state index in [1.54, 1.807) is 6.92 Å². The lowest BCUT2D eigenvalue weighted by Crippen LogP contribution is -2.38. The Morgan fingerprint density at radius 3 is 2.45 bits per heavy atom. The molecule has 0 aromatic heterocycles. The van der Waals surface area contributed by atoms with Crippen LogP contribution in [-0.2, 0) is 19.6 Å². The van der Waals surface area contributed by atoms with Crippen LogP contribution in [0, 0.1) is 6.92 Å². The number of hydrogen-bond acceptors (Lipinski definition) is 5. The highest BCUT2D eigenvalue weighted by atomic mass is 32.2. The lowest BCUT2D eigenvalue weighted by Gasteiger charge is -2.13. The molecule has 110 valence electrons. The quantitative estimate of drug-likeness (QED) is 0.768. The summed E-state index contributed by atoms with van der Waals surface area (Å²) >= 11 is 0. The minimum absolute atomic E-state index is 0.0708. The highest BCUT2D eigenvalue weighted by Crippen LogP contribution is 2.18. The molecule has 0 radical (unpaired) electrons.